The molecule has 1 aliphatic carbocycles. The summed E-state index contributed by atoms with van der Waals surface area (Å²) in [5, 5.41) is 13.8. The molecule has 2 saturated heterocycles. The topological polar surface area (TPSA) is 72.5 Å². The Bertz CT molecular complexity index is 489. The van der Waals surface area contributed by atoms with E-state index in [1.807, 2.05) is 6.92 Å². The number of aliphatic carboxylic acids is 1. The third kappa shape index (κ3) is 1.82. The maximum atomic E-state index is 12.2. The molecule has 98 valence electrons. The Morgan fingerprint density at radius 1 is 1.68 bits per heavy atom. The van der Waals surface area contributed by atoms with Gasteiger partial charge in [0.2, 0.25) is 0 Å². The number of thiocarbonyl (C=S) groups is 1. The van der Waals surface area contributed by atoms with Crippen molar-refractivity contribution in [3.8, 4) is 0 Å². The molecule has 0 aromatic rings. The summed E-state index contributed by atoms with van der Waals surface area (Å²) in [6, 6.07) is 0.185. The SMILES string of the molecule is CCC(=S)NC1(C(=O)[O-])C(=O)N2C3CC3(C)S[C@H]21.[Na+]. The van der Waals surface area contributed by atoms with Crippen LogP contribution in [0.2, 0.25) is 0 Å². The maximum absolute atomic E-state index is 12.2. The summed E-state index contributed by atoms with van der Waals surface area (Å²) in [5.74, 6) is -1.77. The molecule has 1 saturated carbocycles. The number of carbonyl (C=O) groups is 2. The molecule has 5 nitrogen and oxygen atoms in total. The van der Waals surface area contributed by atoms with E-state index in [1.54, 1.807) is 16.7 Å². The van der Waals surface area contributed by atoms with Crippen LogP contribution in [0.1, 0.15) is 26.7 Å². The molecule has 2 heterocycles. The first kappa shape index (κ1) is 15.6. The summed E-state index contributed by atoms with van der Waals surface area (Å²) in [7, 11) is 0. The number of β-lactam (4-membered cyclic amide) rings is 1. The smallest absolute Gasteiger partial charge is 0.547 e. The zero-order valence-electron chi connectivity index (χ0n) is 11.1. The molecule has 0 bridgehead atoms. The zero-order chi connectivity index (χ0) is 13.3. The number of nitrogens with one attached hydrogen (secondary N) is 1. The van der Waals surface area contributed by atoms with Crippen LogP contribution in [0.25, 0.3) is 0 Å². The van der Waals surface area contributed by atoms with Crippen molar-refractivity contribution in [2.45, 2.75) is 48.4 Å². The molecule has 1 amide bonds. The van der Waals surface area contributed by atoms with Gasteiger partial charge >= 0.3 is 29.6 Å². The standard InChI is InChI=1S/C11H14N2O3S2.Na/c1-3-6(17)12-11(9(15)16)7(14)13-5-4-10(5,2)18-8(11)13;/h5,8H,3-4H2,1-2H3,(H,12,17)(H,15,16);/q;+1/p-1/t5?,8-,10?,11?;/m0./s1. The number of amides is 1. The number of carbonyl (C=O) groups excluding carboxylic acids is 2. The number of carboxylic acid groups (broad SMARTS) is 1. The molecule has 3 unspecified atom stereocenters. The van der Waals surface area contributed by atoms with Gasteiger partial charge < -0.3 is 20.1 Å². The summed E-state index contributed by atoms with van der Waals surface area (Å²) >= 11 is 6.57. The van der Waals surface area contributed by atoms with Crippen molar-refractivity contribution >= 4 is 40.8 Å². The van der Waals surface area contributed by atoms with Crippen LogP contribution < -0.4 is 40.0 Å². The van der Waals surface area contributed by atoms with Gasteiger partial charge in [0, 0.05) is 10.8 Å². The van der Waals surface area contributed by atoms with Gasteiger partial charge in [-0.3, -0.25) is 4.79 Å². The predicted octanol–water partition coefficient (Wildman–Crippen LogP) is -3.75. The Kier molecular flexibility index (Phi) is 3.76. The second kappa shape index (κ2) is 4.59. The van der Waals surface area contributed by atoms with Gasteiger partial charge in [-0.15, -0.1) is 11.8 Å². The van der Waals surface area contributed by atoms with E-state index in [0.717, 1.165) is 6.42 Å². The quantitative estimate of drug-likeness (QED) is 0.250. The van der Waals surface area contributed by atoms with Crippen LogP contribution in [-0.4, -0.2) is 43.5 Å². The van der Waals surface area contributed by atoms with Gasteiger partial charge in [-0.2, -0.15) is 0 Å². The van der Waals surface area contributed by atoms with Crippen LogP contribution in [0.4, 0.5) is 0 Å². The fourth-order valence-electron chi connectivity index (χ4n) is 2.77. The molecule has 3 fully saturated rings. The molecule has 2 aliphatic heterocycles. The van der Waals surface area contributed by atoms with Crippen molar-refractivity contribution in [1.29, 1.82) is 0 Å². The largest absolute Gasteiger partial charge is 1.00 e. The third-order valence-electron chi connectivity index (χ3n) is 4.03. The van der Waals surface area contributed by atoms with Crippen LogP contribution >= 0.6 is 24.0 Å². The molecular weight excluding hydrogens is 295 g/mol. The Morgan fingerprint density at radius 3 is 2.84 bits per heavy atom. The van der Waals surface area contributed by atoms with Crippen molar-refractivity contribution in [3.63, 3.8) is 0 Å². The first-order chi connectivity index (χ1) is 8.36. The molecule has 4 atom stereocenters. The first-order valence-corrected chi connectivity index (χ1v) is 7.18. The predicted molar refractivity (Wildman–Crippen MR) is 68.8 cm³/mol. The van der Waals surface area contributed by atoms with Gasteiger partial charge in [-0.1, -0.05) is 19.1 Å². The summed E-state index contributed by atoms with van der Waals surface area (Å²) in [6.45, 7) is 3.88. The van der Waals surface area contributed by atoms with E-state index >= 15 is 0 Å². The van der Waals surface area contributed by atoms with Crippen LogP contribution in [0.5, 0.6) is 0 Å². The molecule has 0 aromatic heterocycles. The summed E-state index contributed by atoms with van der Waals surface area (Å²) in [6.07, 6.45) is 1.46. The first-order valence-electron chi connectivity index (χ1n) is 5.90. The van der Waals surface area contributed by atoms with Crippen LogP contribution in [-0.2, 0) is 9.59 Å². The normalized spacial score (nSPS) is 41.6. The molecule has 3 rings (SSSR count). The number of carboxylic acids is 1. The van der Waals surface area contributed by atoms with E-state index in [-0.39, 0.29) is 45.7 Å². The van der Waals surface area contributed by atoms with E-state index in [0.29, 0.717) is 11.4 Å². The second-order valence-corrected chi connectivity index (χ2v) is 7.32. The number of nitrogens with zero attached hydrogens (tertiary/aromatic N) is 1. The number of thioether (sulfide) groups is 1. The Labute approximate surface area is 143 Å². The minimum absolute atomic E-state index is 0. The van der Waals surface area contributed by atoms with E-state index < -0.39 is 17.4 Å². The van der Waals surface area contributed by atoms with Gasteiger partial charge in [0.15, 0.2) is 5.54 Å². The Hall–Kier alpha value is 0.180. The third-order valence-corrected chi connectivity index (χ3v) is 6.21. The van der Waals surface area contributed by atoms with Crippen molar-refractivity contribution in [3.05, 3.63) is 0 Å². The molecule has 8 heteroatoms. The molecule has 1 N–H and O–H groups in total. The number of hydrogen-bond acceptors (Lipinski definition) is 5. The van der Waals surface area contributed by atoms with Crippen LogP contribution in [0.15, 0.2) is 0 Å². The minimum atomic E-state index is -1.64. The fourth-order valence-corrected chi connectivity index (χ4v) is 4.76. The van der Waals surface area contributed by atoms with E-state index in [1.165, 1.54) is 0 Å². The summed E-state index contributed by atoms with van der Waals surface area (Å²) in [4.78, 5) is 25.7. The summed E-state index contributed by atoms with van der Waals surface area (Å²) in [5.41, 5.74) is -1.64. The van der Waals surface area contributed by atoms with Gasteiger partial charge in [-0.25, -0.2) is 0 Å². The Morgan fingerprint density at radius 2 is 2.32 bits per heavy atom. The van der Waals surface area contributed by atoms with Gasteiger partial charge in [-0.05, 0) is 19.8 Å². The number of rotatable bonds is 3. The van der Waals surface area contributed by atoms with Crippen molar-refractivity contribution < 1.29 is 44.3 Å². The maximum Gasteiger partial charge on any atom is 1.00 e. The van der Waals surface area contributed by atoms with Crippen LogP contribution in [0.3, 0.4) is 0 Å². The fraction of sp³-hybridized carbons (Fsp3) is 0.727. The minimum Gasteiger partial charge on any atom is -0.547 e. The van der Waals surface area contributed by atoms with E-state index in [2.05, 4.69) is 12.2 Å². The van der Waals surface area contributed by atoms with Crippen molar-refractivity contribution in [1.82, 2.24) is 10.2 Å². The van der Waals surface area contributed by atoms with Gasteiger partial charge in [0.1, 0.15) is 5.37 Å². The van der Waals surface area contributed by atoms with Gasteiger partial charge in [0.25, 0.3) is 5.91 Å². The second-order valence-electron chi connectivity index (χ2n) is 5.21. The average molecular weight is 308 g/mol. The van der Waals surface area contributed by atoms with Crippen molar-refractivity contribution in [2.75, 3.05) is 0 Å². The molecule has 0 radical (unpaired) electrons. The average Bonchev–Trinajstić information content (AvgIpc) is 2.88. The molecule has 0 aromatic carbocycles. The van der Waals surface area contributed by atoms with E-state index in [9.17, 15) is 14.7 Å². The van der Waals surface area contributed by atoms with Gasteiger partial charge in [0.05, 0.1) is 11.0 Å². The molecule has 19 heavy (non-hydrogen) atoms. The molecular formula is C11H13N2NaO3S2. The molecule has 0 spiro atoms. The van der Waals surface area contributed by atoms with E-state index in [4.69, 9.17) is 12.2 Å². The van der Waals surface area contributed by atoms with Crippen molar-refractivity contribution in [2.24, 2.45) is 0 Å². The van der Waals surface area contributed by atoms with Crippen LogP contribution in [0, 0.1) is 0 Å². The monoisotopic (exact) mass is 308 g/mol. The number of hydrogen-bond donors (Lipinski definition) is 1. The molecule has 3 aliphatic rings. The zero-order valence-corrected chi connectivity index (χ0v) is 14.7. The Balaban J connectivity index is 0.00000133. The number of fused-ring (bicyclic) bond motifs is 3. The summed E-state index contributed by atoms with van der Waals surface area (Å²) < 4.78 is 0.0209.